The number of ether oxygens (including phenoxy) is 1. The molecule has 74 valence electrons. The van der Waals surface area contributed by atoms with Gasteiger partial charge in [0.25, 0.3) is 0 Å². The number of methoxy groups -OCH3 is 1. The van der Waals surface area contributed by atoms with Crippen LogP contribution in [0.15, 0.2) is 27.7 Å². The summed E-state index contributed by atoms with van der Waals surface area (Å²) in [6, 6.07) is 6.11. The van der Waals surface area contributed by atoms with Crippen LogP contribution in [0.1, 0.15) is 18.4 Å². The lowest BCUT2D eigenvalue weighted by atomic mass is 10.1. The Bertz CT molecular complexity index is 374. The molecule has 2 rings (SSSR count). The quantitative estimate of drug-likeness (QED) is 0.794. The Hall–Kier alpha value is -0.830. The molecule has 0 aliphatic carbocycles. The van der Waals surface area contributed by atoms with Crippen molar-refractivity contribution in [1.29, 1.82) is 0 Å². The highest BCUT2D eigenvalue weighted by Gasteiger charge is 2.10. The number of rotatable bonds is 2. The molecule has 1 aliphatic heterocycles. The van der Waals surface area contributed by atoms with Crippen LogP contribution in [0, 0.1) is 0 Å². The zero-order valence-corrected chi connectivity index (χ0v) is 9.67. The lowest BCUT2D eigenvalue weighted by Crippen LogP contribution is -1.96. The monoisotopic (exact) mass is 253 g/mol. The Labute approximate surface area is 92.1 Å². The summed E-state index contributed by atoms with van der Waals surface area (Å²) < 4.78 is 6.17. The van der Waals surface area contributed by atoms with Crippen LogP contribution < -0.4 is 4.74 Å². The van der Waals surface area contributed by atoms with Crippen molar-refractivity contribution in [2.45, 2.75) is 12.8 Å². The van der Waals surface area contributed by atoms with Crippen molar-refractivity contribution in [2.24, 2.45) is 4.99 Å². The highest BCUT2D eigenvalue weighted by molar-refractivity contribution is 9.10. The minimum absolute atomic E-state index is 0.868. The third kappa shape index (κ3) is 1.82. The van der Waals surface area contributed by atoms with Gasteiger partial charge in [0.15, 0.2) is 0 Å². The van der Waals surface area contributed by atoms with E-state index in [1.54, 1.807) is 7.11 Å². The Morgan fingerprint density at radius 2 is 2.29 bits per heavy atom. The van der Waals surface area contributed by atoms with Gasteiger partial charge in [-0.15, -0.1) is 0 Å². The molecule has 0 spiro atoms. The van der Waals surface area contributed by atoms with Gasteiger partial charge in [-0.3, -0.25) is 4.99 Å². The van der Waals surface area contributed by atoms with Gasteiger partial charge in [0.1, 0.15) is 5.75 Å². The lowest BCUT2D eigenvalue weighted by Gasteiger charge is -2.05. The predicted octanol–water partition coefficient (Wildman–Crippen LogP) is 3.04. The topological polar surface area (TPSA) is 21.6 Å². The van der Waals surface area contributed by atoms with Crippen molar-refractivity contribution in [1.82, 2.24) is 0 Å². The predicted molar refractivity (Wildman–Crippen MR) is 61.3 cm³/mol. The third-order valence-electron chi connectivity index (χ3n) is 2.36. The summed E-state index contributed by atoms with van der Waals surface area (Å²) in [6.45, 7) is 0.971. The van der Waals surface area contributed by atoms with Gasteiger partial charge >= 0.3 is 0 Å². The second kappa shape index (κ2) is 4.13. The fourth-order valence-electron chi connectivity index (χ4n) is 1.62. The smallest absolute Gasteiger partial charge is 0.133 e. The van der Waals surface area contributed by atoms with Crippen LogP contribution in [0.2, 0.25) is 0 Å². The van der Waals surface area contributed by atoms with E-state index in [9.17, 15) is 0 Å². The first-order chi connectivity index (χ1) is 6.81. The molecular weight excluding hydrogens is 242 g/mol. The maximum atomic E-state index is 5.18. The van der Waals surface area contributed by atoms with Crippen molar-refractivity contribution in [2.75, 3.05) is 13.7 Å². The average Bonchev–Trinajstić information content (AvgIpc) is 2.70. The summed E-state index contributed by atoms with van der Waals surface area (Å²) in [5, 5.41) is 0. The fourth-order valence-corrected chi connectivity index (χ4v) is 2.16. The first kappa shape index (κ1) is 9.71. The van der Waals surface area contributed by atoms with Crippen molar-refractivity contribution < 1.29 is 4.74 Å². The van der Waals surface area contributed by atoms with Crippen LogP contribution in [0.4, 0.5) is 0 Å². The molecular formula is C11H12BrNO. The summed E-state index contributed by atoms with van der Waals surface area (Å²) in [4.78, 5) is 4.46. The van der Waals surface area contributed by atoms with Crippen LogP contribution in [-0.4, -0.2) is 19.4 Å². The van der Waals surface area contributed by atoms with E-state index in [1.165, 1.54) is 17.7 Å². The Balaban J connectivity index is 2.32. The van der Waals surface area contributed by atoms with E-state index in [2.05, 4.69) is 33.1 Å². The fraction of sp³-hybridized carbons (Fsp3) is 0.364. The summed E-state index contributed by atoms with van der Waals surface area (Å²) in [6.07, 6.45) is 2.28. The maximum Gasteiger partial charge on any atom is 0.133 e. The molecule has 0 atom stereocenters. The molecule has 0 aromatic heterocycles. The lowest BCUT2D eigenvalue weighted by molar-refractivity contribution is 0.412. The third-order valence-corrected chi connectivity index (χ3v) is 2.98. The van der Waals surface area contributed by atoms with Gasteiger partial charge in [-0.1, -0.05) is 0 Å². The van der Waals surface area contributed by atoms with Crippen LogP contribution in [0.5, 0.6) is 5.75 Å². The van der Waals surface area contributed by atoms with Crippen LogP contribution in [0.25, 0.3) is 0 Å². The van der Waals surface area contributed by atoms with E-state index in [4.69, 9.17) is 4.74 Å². The normalized spacial score (nSPS) is 15.4. The second-order valence-electron chi connectivity index (χ2n) is 3.28. The van der Waals surface area contributed by atoms with Gasteiger partial charge in [0.05, 0.1) is 11.6 Å². The molecule has 14 heavy (non-hydrogen) atoms. The van der Waals surface area contributed by atoms with Gasteiger partial charge in [-0.05, 0) is 52.5 Å². The van der Waals surface area contributed by atoms with Crippen molar-refractivity contribution in [3.05, 3.63) is 28.2 Å². The number of benzene rings is 1. The van der Waals surface area contributed by atoms with Crippen LogP contribution in [-0.2, 0) is 0 Å². The van der Waals surface area contributed by atoms with Crippen molar-refractivity contribution in [3.8, 4) is 5.75 Å². The van der Waals surface area contributed by atoms with Crippen molar-refractivity contribution in [3.63, 3.8) is 0 Å². The zero-order valence-electron chi connectivity index (χ0n) is 8.09. The number of aliphatic imine (C=N–C) groups is 1. The van der Waals surface area contributed by atoms with E-state index in [1.807, 2.05) is 6.07 Å². The first-order valence-corrected chi connectivity index (χ1v) is 5.48. The molecule has 1 aromatic carbocycles. The molecule has 1 heterocycles. The summed E-state index contributed by atoms with van der Waals surface area (Å²) in [5.74, 6) is 0.868. The molecule has 0 amide bonds. The Morgan fingerprint density at radius 3 is 2.86 bits per heavy atom. The Kier molecular flexibility index (Phi) is 2.87. The van der Waals surface area contributed by atoms with Crippen molar-refractivity contribution >= 4 is 21.6 Å². The van der Waals surface area contributed by atoms with Gasteiger partial charge in [-0.2, -0.15) is 0 Å². The van der Waals surface area contributed by atoms with Crippen LogP contribution in [0.3, 0.4) is 0 Å². The summed E-state index contributed by atoms with van der Waals surface area (Å²) in [5.41, 5.74) is 2.42. The number of hydrogen-bond donors (Lipinski definition) is 0. The van der Waals surface area contributed by atoms with E-state index in [-0.39, 0.29) is 0 Å². The van der Waals surface area contributed by atoms with Crippen LogP contribution >= 0.6 is 15.9 Å². The number of halogens is 1. The molecule has 1 aliphatic rings. The SMILES string of the molecule is COc1ccc(C2=NCCC2)cc1Br. The summed E-state index contributed by atoms with van der Waals surface area (Å²) in [7, 11) is 1.67. The van der Waals surface area contributed by atoms with Gasteiger partial charge in [0, 0.05) is 12.3 Å². The molecule has 0 N–H and O–H groups in total. The first-order valence-electron chi connectivity index (χ1n) is 4.68. The molecule has 0 unspecified atom stereocenters. The molecule has 0 saturated carbocycles. The Morgan fingerprint density at radius 1 is 1.43 bits per heavy atom. The molecule has 0 fully saturated rings. The van der Waals surface area contributed by atoms with E-state index >= 15 is 0 Å². The standard InChI is InChI=1S/C11H12BrNO/c1-14-11-5-4-8(7-9(11)12)10-3-2-6-13-10/h4-5,7H,2-3,6H2,1H3. The number of hydrogen-bond acceptors (Lipinski definition) is 2. The largest absolute Gasteiger partial charge is 0.496 e. The van der Waals surface area contributed by atoms with E-state index in [0.717, 1.165) is 23.2 Å². The van der Waals surface area contributed by atoms with E-state index < -0.39 is 0 Å². The number of nitrogens with zero attached hydrogens (tertiary/aromatic N) is 1. The summed E-state index contributed by atoms with van der Waals surface area (Å²) >= 11 is 3.47. The molecule has 1 aromatic rings. The average molecular weight is 254 g/mol. The molecule has 0 radical (unpaired) electrons. The highest BCUT2D eigenvalue weighted by atomic mass is 79.9. The molecule has 3 heteroatoms. The zero-order chi connectivity index (χ0) is 9.97. The minimum atomic E-state index is 0.868. The van der Waals surface area contributed by atoms with Gasteiger partial charge in [0.2, 0.25) is 0 Å². The molecule has 0 bridgehead atoms. The van der Waals surface area contributed by atoms with Gasteiger partial charge in [-0.25, -0.2) is 0 Å². The molecule has 0 saturated heterocycles. The molecule has 2 nitrogen and oxygen atoms in total. The highest BCUT2D eigenvalue weighted by Crippen LogP contribution is 2.27. The van der Waals surface area contributed by atoms with E-state index in [0.29, 0.717) is 0 Å². The maximum absolute atomic E-state index is 5.18. The second-order valence-corrected chi connectivity index (χ2v) is 4.14. The van der Waals surface area contributed by atoms with Gasteiger partial charge < -0.3 is 4.74 Å². The minimum Gasteiger partial charge on any atom is -0.496 e.